The van der Waals surface area contributed by atoms with E-state index in [2.05, 4.69) is 4.98 Å². The number of carbonyl (C=O) groups is 2. The largest absolute Gasteiger partial charge is 0.458 e. The van der Waals surface area contributed by atoms with Crippen LogP contribution in [0.3, 0.4) is 0 Å². The van der Waals surface area contributed by atoms with Gasteiger partial charge in [-0.1, -0.05) is 34.1 Å². The molecule has 0 spiro atoms. The van der Waals surface area contributed by atoms with Crippen molar-refractivity contribution in [3.63, 3.8) is 0 Å². The molecule has 0 amide bonds. The zero-order valence-electron chi connectivity index (χ0n) is 21.1. The maximum Gasteiger partial charge on any atom is 0.309 e. The molecule has 8 heteroatoms. The number of aliphatic hydroxyl groups excluding tert-OH is 2. The Labute approximate surface area is 206 Å². The number of hydrogen-bond acceptors (Lipinski definition) is 8. The Morgan fingerprint density at radius 1 is 1.21 bits per heavy atom. The molecule has 0 unspecified atom stereocenters. The maximum absolute atomic E-state index is 13.2. The predicted octanol–water partition coefficient (Wildman–Crippen LogP) is 4.09. The van der Waals surface area contributed by atoms with Gasteiger partial charge in [0.2, 0.25) is 0 Å². The lowest BCUT2D eigenvalue weighted by Gasteiger charge is -2.34. The van der Waals surface area contributed by atoms with Crippen molar-refractivity contribution in [3.8, 4) is 0 Å². The van der Waals surface area contributed by atoms with E-state index in [9.17, 15) is 19.8 Å². The molecule has 1 aromatic rings. The third kappa shape index (κ3) is 6.53. The molecule has 3 heterocycles. The summed E-state index contributed by atoms with van der Waals surface area (Å²) >= 11 is 1.56. The van der Waals surface area contributed by atoms with Gasteiger partial charge in [-0.15, -0.1) is 11.3 Å². The van der Waals surface area contributed by atoms with Crippen molar-refractivity contribution < 1.29 is 29.3 Å². The highest BCUT2D eigenvalue weighted by atomic mass is 32.1. The molecule has 7 atom stereocenters. The Balaban J connectivity index is 1.81. The Kier molecular flexibility index (Phi) is 8.71. The van der Waals surface area contributed by atoms with Crippen LogP contribution in [0, 0.1) is 24.2 Å². The molecule has 0 aromatic carbocycles. The Hall–Kier alpha value is -1.61. The summed E-state index contributed by atoms with van der Waals surface area (Å²) in [4.78, 5) is 30.5. The normalized spacial score (nSPS) is 36.0. The van der Waals surface area contributed by atoms with Crippen molar-refractivity contribution in [1.82, 2.24) is 4.98 Å². The van der Waals surface area contributed by atoms with E-state index in [0.717, 1.165) is 35.5 Å². The fraction of sp³-hybridized carbons (Fsp3) is 0.731. The molecular weight excluding hydrogens is 454 g/mol. The van der Waals surface area contributed by atoms with E-state index in [4.69, 9.17) is 9.47 Å². The Morgan fingerprint density at radius 3 is 2.56 bits per heavy atom. The number of epoxide rings is 1. The molecule has 0 bridgehead atoms. The van der Waals surface area contributed by atoms with Gasteiger partial charge >= 0.3 is 5.97 Å². The number of aromatic nitrogens is 1. The molecule has 0 aliphatic carbocycles. The van der Waals surface area contributed by atoms with Crippen LogP contribution in [-0.4, -0.2) is 57.5 Å². The minimum Gasteiger partial charge on any atom is -0.458 e. The van der Waals surface area contributed by atoms with Crippen molar-refractivity contribution in [2.75, 3.05) is 0 Å². The number of aliphatic hydroxyl groups is 2. The van der Waals surface area contributed by atoms with E-state index in [0.29, 0.717) is 6.42 Å². The smallest absolute Gasteiger partial charge is 0.309 e. The minimum absolute atomic E-state index is 0.00770. The van der Waals surface area contributed by atoms with Crippen LogP contribution in [0.25, 0.3) is 6.08 Å². The molecule has 2 N–H and O–H groups in total. The summed E-state index contributed by atoms with van der Waals surface area (Å²) in [6.07, 6.45) is 2.28. The van der Waals surface area contributed by atoms with Crippen molar-refractivity contribution in [2.45, 2.75) is 104 Å². The Bertz CT molecular complexity index is 909. The summed E-state index contributed by atoms with van der Waals surface area (Å²) in [6.45, 7) is 10.8. The van der Waals surface area contributed by atoms with E-state index in [1.54, 1.807) is 32.1 Å². The zero-order chi connectivity index (χ0) is 25.2. The van der Waals surface area contributed by atoms with E-state index >= 15 is 0 Å². The third-order valence-electron chi connectivity index (χ3n) is 7.41. The van der Waals surface area contributed by atoms with Crippen molar-refractivity contribution in [2.24, 2.45) is 17.3 Å². The number of hydrogen-bond donors (Lipinski definition) is 2. The lowest BCUT2D eigenvalue weighted by molar-refractivity contribution is -0.154. The maximum atomic E-state index is 13.2. The van der Waals surface area contributed by atoms with E-state index < -0.39 is 35.6 Å². The van der Waals surface area contributed by atoms with Crippen LogP contribution < -0.4 is 0 Å². The minimum atomic E-state index is -1.22. The molecule has 2 saturated heterocycles. The average Bonchev–Trinajstić information content (AvgIpc) is 3.38. The average molecular weight is 494 g/mol. The van der Waals surface area contributed by atoms with Gasteiger partial charge in [-0.2, -0.15) is 0 Å². The summed E-state index contributed by atoms with van der Waals surface area (Å²) in [5.41, 5.74) is 0.494. The summed E-state index contributed by atoms with van der Waals surface area (Å²) in [5, 5.41) is 24.5. The van der Waals surface area contributed by atoms with Gasteiger partial charge < -0.3 is 19.7 Å². The first kappa shape index (κ1) is 27.0. The summed E-state index contributed by atoms with van der Waals surface area (Å²) in [6, 6.07) is 0. The number of ketones is 1. The van der Waals surface area contributed by atoms with Gasteiger partial charge in [0.05, 0.1) is 47.0 Å². The van der Waals surface area contributed by atoms with E-state index in [-0.39, 0.29) is 30.3 Å². The molecule has 7 nitrogen and oxygen atoms in total. The van der Waals surface area contributed by atoms with Crippen LogP contribution in [0.15, 0.2) is 11.0 Å². The van der Waals surface area contributed by atoms with Crippen LogP contribution in [0.5, 0.6) is 0 Å². The number of thiazole rings is 1. The quantitative estimate of drug-likeness (QED) is 0.472. The molecule has 0 radical (unpaired) electrons. The number of rotatable bonds is 2. The highest BCUT2D eigenvalue weighted by molar-refractivity contribution is 7.09. The lowest BCUT2D eigenvalue weighted by Crippen LogP contribution is -2.45. The number of esters is 1. The highest BCUT2D eigenvalue weighted by Crippen LogP contribution is 2.36. The second kappa shape index (κ2) is 11.0. The topological polar surface area (TPSA) is 109 Å². The van der Waals surface area contributed by atoms with Gasteiger partial charge in [0.15, 0.2) is 0 Å². The molecule has 0 saturated carbocycles. The summed E-state index contributed by atoms with van der Waals surface area (Å²) < 4.78 is 11.7. The van der Waals surface area contributed by atoms with E-state index in [1.807, 2.05) is 32.2 Å². The van der Waals surface area contributed by atoms with Crippen LogP contribution in [0.1, 0.15) is 77.4 Å². The first-order valence-electron chi connectivity index (χ1n) is 12.3. The molecule has 2 aliphatic rings. The standard InChI is InChI=1S/C26H39NO6S/c1-14-8-7-9-19-21(32-19)11-20(15(2)10-18-13-34-17(4)27-18)33-23(29)12-22(28)26(5,6)25(31)16(3)24(14)30/h10,13-14,16,19-22,24,28,30H,7-9,11-12H2,1-6H3/b15-10-/t14-,16-,19-,20+,21+,22+,24-/m1/s1. The summed E-state index contributed by atoms with van der Waals surface area (Å²) in [5.74, 6) is -1.52. The third-order valence-corrected chi connectivity index (χ3v) is 8.20. The monoisotopic (exact) mass is 493 g/mol. The van der Waals surface area contributed by atoms with Crippen LogP contribution >= 0.6 is 11.3 Å². The van der Waals surface area contributed by atoms with Crippen LogP contribution in [0.4, 0.5) is 0 Å². The molecule has 3 rings (SSSR count). The van der Waals surface area contributed by atoms with Crippen LogP contribution in [0.2, 0.25) is 0 Å². The van der Waals surface area contributed by atoms with Gasteiger partial charge in [0.1, 0.15) is 11.9 Å². The fourth-order valence-electron chi connectivity index (χ4n) is 4.78. The number of ether oxygens (including phenoxy) is 2. The van der Waals surface area contributed by atoms with Gasteiger partial charge in [-0.05, 0) is 44.3 Å². The SMILES string of the molecule is C/C(=C/c1csc(C)n1)[C@@H]1C[C@@H]2O[C@@H]2CCC[C@@H](C)[C@@H](O)[C@@H](C)C(=O)C(C)(C)[C@@H](O)CC(=O)O1. The number of Topliss-reactive ketones (excluding diaryl/α,β-unsaturated/α-hetero) is 1. The number of fused-ring (bicyclic) bond motifs is 1. The molecule has 2 fully saturated rings. The molecular formula is C26H39NO6S. The van der Waals surface area contributed by atoms with Gasteiger partial charge in [-0.3, -0.25) is 9.59 Å². The van der Waals surface area contributed by atoms with Crippen molar-refractivity contribution in [3.05, 3.63) is 21.7 Å². The zero-order valence-corrected chi connectivity index (χ0v) is 21.9. The van der Waals surface area contributed by atoms with Gasteiger partial charge in [0, 0.05) is 17.7 Å². The molecule has 190 valence electrons. The first-order valence-corrected chi connectivity index (χ1v) is 13.1. The second-order valence-electron chi connectivity index (χ2n) is 10.6. The first-order chi connectivity index (χ1) is 15.9. The predicted molar refractivity (Wildman–Crippen MR) is 131 cm³/mol. The number of carbonyl (C=O) groups excluding carboxylic acids is 2. The number of nitrogens with zero attached hydrogens (tertiary/aromatic N) is 1. The van der Waals surface area contributed by atoms with Crippen LogP contribution in [-0.2, 0) is 19.1 Å². The van der Waals surface area contributed by atoms with Gasteiger partial charge in [-0.25, -0.2) is 4.98 Å². The molecule has 2 aliphatic heterocycles. The lowest BCUT2D eigenvalue weighted by atomic mass is 9.73. The number of aryl methyl sites for hydroxylation is 1. The Morgan fingerprint density at radius 2 is 1.91 bits per heavy atom. The molecule has 34 heavy (non-hydrogen) atoms. The fourth-order valence-corrected chi connectivity index (χ4v) is 5.35. The highest BCUT2D eigenvalue weighted by Gasteiger charge is 2.44. The number of cyclic esters (lactones) is 1. The van der Waals surface area contributed by atoms with Crippen molar-refractivity contribution >= 4 is 29.2 Å². The second-order valence-corrected chi connectivity index (χ2v) is 11.7. The summed E-state index contributed by atoms with van der Waals surface area (Å²) in [7, 11) is 0. The van der Waals surface area contributed by atoms with Crippen molar-refractivity contribution in [1.29, 1.82) is 0 Å². The van der Waals surface area contributed by atoms with E-state index in [1.165, 1.54) is 0 Å². The molecule has 1 aromatic heterocycles. The van der Waals surface area contributed by atoms with Gasteiger partial charge in [0.25, 0.3) is 0 Å².